The molecule has 3 nitrogen and oxygen atoms in total. The number of aryl methyl sites for hydroxylation is 1. The van der Waals surface area contributed by atoms with Crippen molar-refractivity contribution in [3.8, 4) is 5.69 Å². The summed E-state index contributed by atoms with van der Waals surface area (Å²) in [5.41, 5.74) is 2.77. The number of rotatable bonds is 2. The van der Waals surface area contributed by atoms with Crippen molar-refractivity contribution >= 4 is 0 Å². The summed E-state index contributed by atoms with van der Waals surface area (Å²) >= 11 is 0. The Kier molecular flexibility index (Phi) is 3.49. The van der Waals surface area contributed by atoms with Crippen LogP contribution in [0.4, 0.5) is 13.2 Å². The average molecular weight is 295 g/mol. The van der Waals surface area contributed by atoms with Gasteiger partial charge in [-0.25, -0.2) is 4.98 Å². The fourth-order valence-electron chi connectivity index (χ4n) is 2.66. The molecule has 1 N–H and O–H groups in total. The van der Waals surface area contributed by atoms with Gasteiger partial charge in [-0.05, 0) is 24.1 Å². The Balaban J connectivity index is 2.16. The van der Waals surface area contributed by atoms with Crippen LogP contribution in [0.15, 0.2) is 24.3 Å². The first kappa shape index (κ1) is 14.1. The van der Waals surface area contributed by atoms with E-state index in [1.54, 1.807) is 12.1 Å². The largest absolute Gasteiger partial charge is 0.450 e. The lowest BCUT2D eigenvalue weighted by atomic mass is 10.1. The molecule has 2 heterocycles. The van der Waals surface area contributed by atoms with Crippen LogP contribution < -0.4 is 5.32 Å². The van der Waals surface area contributed by atoms with E-state index in [4.69, 9.17) is 0 Å². The van der Waals surface area contributed by atoms with Crippen LogP contribution in [0.3, 0.4) is 0 Å². The fourth-order valence-corrected chi connectivity index (χ4v) is 2.66. The predicted molar refractivity (Wildman–Crippen MR) is 73.4 cm³/mol. The molecule has 3 rings (SSSR count). The van der Waals surface area contributed by atoms with Crippen molar-refractivity contribution in [1.82, 2.24) is 14.9 Å². The minimum absolute atomic E-state index is 0.387. The lowest BCUT2D eigenvalue weighted by Crippen LogP contribution is -2.25. The van der Waals surface area contributed by atoms with Crippen LogP contribution >= 0.6 is 0 Å². The molecule has 0 amide bonds. The third kappa shape index (κ3) is 2.55. The van der Waals surface area contributed by atoms with E-state index in [-0.39, 0.29) is 0 Å². The molecule has 0 unspecified atom stereocenters. The van der Waals surface area contributed by atoms with Gasteiger partial charge in [-0.15, -0.1) is 0 Å². The molecule has 0 bridgehead atoms. The van der Waals surface area contributed by atoms with Crippen molar-refractivity contribution in [2.24, 2.45) is 0 Å². The zero-order valence-electron chi connectivity index (χ0n) is 11.7. The van der Waals surface area contributed by atoms with Gasteiger partial charge in [0.15, 0.2) is 0 Å². The zero-order valence-corrected chi connectivity index (χ0v) is 11.7. The molecule has 6 heteroatoms. The van der Waals surface area contributed by atoms with E-state index in [9.17, 15) is 13.2 Å². The average Bonchev–Trinajstić information content (AvgIpc) is 2.87. The first-order valence-corrected chi connectivity index (χ1v) is 6.98. The Hall–Kier alpha value is -1.82. The van der Waals surface area contributed by atoms with Gasteiger partial charge in [0.05, 0.1) is 5.69 Å². The highest BCUT2D eigenvalue weighted by Crippen LogP contribution is 2.33. The zero-order chi connectivity index (χ0) is 15.0. The van der Waals surface area contributed by atoms with Crippen molar-refractivity contribution in [2.75, 3.05) is 6.54 Å². The maximum atomic E-state index is 13.3. The van der Waals surface area contributed by atoms with Crippen LogP contribution in [0.2, 0.25) is 0 Å². The van der Waals surface area contributed by atoms with Gasteiger partial charge in [-0.3, -0.25) is 4.57 Å². The van der Waals surface area contributed by atoms with Gasteiger partial charge in [-0.2, -0.15) is 13.2 Å². The molecule has 1 aliphatic heterocycles. The van der Waals surface area contributed by atoms with Crippen LogP contribution in [0.25, 0.3) is 5.69 Å². The van der Waals surface area contributed by atoms with Gasteiger partial charge in [0, 0.05) is 30.9 Å². The molecule has 0 aliphatic carbocycles. The predicted octanol–water partition coefficient (Wildman–Crippen LogP) is 3.10. The van der Waals surface area contributed by atoms with E-state index in [1.165, 1.54) is 4.57 Å². The smallest absolute Gasteiger partial charge is 0.311 e. The Morgan fingerprint density at radius 1 is 1.24 bits per heavy atom. The van der Waals surface area contributed by atoms with Gasteiger partial charge in [0.25, 0.3) is 0 Å². The summed E-state index contributed by atoms with van der Waals surface area (Å²) in [5, 5.41) is 3.06. The summed E-state index contributed by atoms with van der Waals surface area (Å²) in [6.07, 6.45) is -3.05. The minimum atomic E-state index is -4.46. The number of nitrogens with one attached hydrogen (secondary N) is 1. The number of hydrogen-bond acceptors (Lipinski definition) is 2. The number of aromatic nitrogens is 2. The first-order valence-electron chi connectivity index (χ1n) is 6.98. The van der Waals surface area contributed by atoms with Crippen LogP contribution in [-0.2, 0) is 25.6 Å². The van der Waals surface area contributed by atoms with E-state index >= 15 is 0 Å². The first-order chi connectivity index (χ1) is 10.0. The van der Waals surface area contributed by atoms with Gasteiger partial charge < -0.3 is 5.32 Å². The summed E-state index contributed by atoms with van der Waals surface area (Å²) < 4.78 is 41.0. The van der Waals surface area contributed by atoms with Crippen LogP contribution in [-0.4, -0.2) is 16.1 Å². The molecule has 0 saturated carbocycles. The highest BCUT2D eigenvalue weighted by molar-refractivity contribution is 5.41. The van der Waals surface area contributed by atoms with Crippen molar-refractivity contribution in [3.05, 3.63) is 47.0 Å². The second-order valence-corrected chi connectivity index (χ2v) is 5.11. The van der Waals surface area contributed by atoms with E-state index in [1.807, 2.05) is 19.1 Å². The quantitative estimate of drug-likeness (QED) is 0.922. The lowest BCUT2D eigenvalue weighted by Gasteiger charge is -2.17. The number of nitrogens with zero attached hydrogens (tertiary/aromatic N) is 2. The Labute approximate surface area is 120 Å². The molecule has 21 heavy (non-hydrogen) atoms. The highest BCUT2D eigenvalue weighted by Gasteiger charge is 2.39. The number of fused-ring (bicyclic) bond motifs is 1. The molecule has 0 radical (unpaired) electrons. The molecule has 1 aliphatic rings. The Bertz CT molecular complexity index is 641. The maximum absolute atomic E-state index is 13.3. The number of halogens is 3. The second kappa shape index (κ2) is 5.18. The molecule has 0 spiro atoms. The normalized spacial score (nSPS) is 15.0. The summed E-state index contributed by atoms with van der Waals surface area (Å²) in [6, 6.07) is 7.20. The van der Waals surface area contributed by atoms with Gasteiger partial charge in [0.2, 0.25) is 5.82 Å². The molecule has 0 fully saturated rings. The number of imidazole rings is 1. The molecule has 2 aromatic rings. The molecule has 1 aromatic carbocycles. The maximum Gasteiger partial charge on any atom is 0.450 e. The molecule has 112 valence electrons. The highest BCUT2D eigenvalue weighted by atomic mass is 19.4. The van der Waals surface area contributed by atoms with Gasteiger partial charge in [0.1, 0.15) is 0 Å². The number of benzene rings is 1. The van der Waals surface area contributed by atoms with Crippen LogP contribution in [0.1, 0.15) is 29.7 Å². The number of hydrogen-bond donors (Lipinski definition) is 1. The lowest BCUT2D eigenvalue weighted by molar-refractivity contribution is -0.146. The molecule has 0 saturated heterocycles. The Morgan fingerprint density at radius 2 is 1.95 bits per heavy atom. The Morgan fingerprint density at radius 3 is 2.57 bits per heavy atom. The van der Waals surface area contributed by atoms with Crippen molar-refractivity contribution in [2.45, 2.75) is 32.5 Å². The topological polar surface area (TPSA) is 29.9 Å². The SMILES string of the molecule is CCc1ccc(-n2c(C(F)(F)F)nc3c2CCNC3)cc1. The van der Waals surface area contributed by atoms with E-state index in [2.05, 4.69) is 10.3 Å². The van der Waals surface area contributed by atoms with E-state index in [0.29, 0.717) is 36.6 Å². The molecule has 0 atom stereocenters. The third-order valence-electron chi connectivity index (χ3n) is 3.74. The fraction of sp³-hybridized carbons (Fsp3) is 0.400. The van der Waals surface area contributed by atoms with Crippen LogP contribution in [0, 0.1) is 0 Å². The van der Waals surface area contributed by atoms with Gasteiger partial charge in [-0.1, -0.05) is 19.1 Å². The molecule has 1 aromatic heterocycles. The summed E-state index contributed by atoms with van der Waals surface area (Å²) in [5.74, 6) is -0.833. The summed E-state index contributed by atoms with van der Waals surface area (Å²) in [6.45, 7) is 3.07. The van der Waals surface area contributed by atoms with E-state index in [0.717, 1.165) is 12.0 Å². The molecular formula is C15H16F3N3. The minimum Gasteiger partial charge on any atom is -0.311 e. The second-order valence-electron chi connectivity index (χ2n) is 5.11. The van der Waals surface area contributed by atoms with Crippen LogP contribution in [0.5, 0.6) is 0 Å². The van der Waals surface area contributed by atoms with E-state index < -0.39 is 12.0 Å². The standard InChI is InChI=1S/C15H16F3N3/c1-2-10-3-5-11(6-4-10)21-13-7-8-19-9-12(13)20-14(21)15(16,17)18/h3-6,19H,2,7-9H2,1H3. The summed E-state index contributed by atoms with van der Waals surface area (Å²) in [4.78, 5) is 3.82. The van der Waals surface area contributed by atoms with Crippen molar-refractivity contribution in [3.63, 3.8) is 0 Å². The summed E-state index contributed by atoms with van der Waals surface area (Å²) in [7, 11) is 0. The van der Waals surface area contributed by atoms with Crippen molar-refractivity contribution < 1.29 is 13.2 Å². The van der Waals surface area contributed by atoms with Gasteiger partial charge >= 0.3 is 6.18 Å². The van der Waals surface area contributed by atoms with Crippen molar-refractivity contribution in [1.29, 1.82) is 0 Å². The number of alkyl halides is 3. The third-order valence-corrected chi connectivity index (χ3v) is 3.74. The molecular weight excluding hydrogens is 279 g/mol. The monoisotopic (exact) mass is 295 g/mol.